The normalized spacial score (nSPS) is 17.6. The predicted molar refractivity (Wildman–Crippen MR) is 71.6 cm³/mol. The SMILES string of the molecule is c1nc(N2CCCSCC2)c2ccsc2n1. The molecule has 0 spiro atoms. The number of hydrogen-bond donors (Lipinski definition) is 0. The maximum atomic E-state index is 4.46. The summed E-state index contributed by atoms with van der Waals surface area (Å²) < 4.78 is 0. The number of thiophene rings is 1. The maximum Gasteiger partial charge on any atom is 0.140 e. The van der Waals surface area contributed by atoms with E-state index in [1.54, 1.807) is 17.7 Å². The first kappa shape index (κ1) is 10.4. The van der Waals surface area contributed by atoms with Crippen LogP contribution in [0.5, 0.6) is 0 Å². The molecule has 1 aliphatic rings. The summed E-state index contributed by atoms with van der Waals surface area (Å²) in [5.41, 5.74) is 0. The van der Waals surface area contributed by atoms with Crippen LogP contribution < -0.4 is 4.90 Å². The summed E-state index contributed by atoms with van der Waals surface area (Å²) in [5.74, 6) is 3.60. The Kier molecular flexibility index (Phi) is 2.97. The van der Waals surface area contributed by atoms with Crippen molar-refractivity contribution in [3.05, 3.63) is 17.8 Å². The van der Waals surface area contributed by atoms with E-state index in [-0.39, 0.29) is 0 Å². The van der Waals surface area contributed by atoms with Crippen LogP contribution in [0, 0.1) is 0 Å². The summed E-state index contributed by atoms with van der Waals surface area (Å²) in [5, 5.41) is 3.30. The monoisotopic (exact) mass is 251 g/mol. The van der Waals surface area contributed by atoms with E-state index in [1.165, 1.54) is 23.3 Å². The van der Waals surface area contributed by atoms with Crippen molar-refractivity contribution >= 4 is 39.1 Å². The summed E-state index contributed by atoms with van der Waals surface area (Å²) >= 11 is 3.73. The highest BCUT2D eigenvalue weighted by Gasteiger charge is 2.14. The largest absolute Gasteiger partial charge is 0.355 e. The average Bonchev–Trinajstić information content (AvgIpc) is 2.63. The van der Waals surface area contributed by atoms with Crippen molar-refractivity contribution in [1.82, 2.24) is 9.97 Å². The molecular weight excluding hydrogens is 238 g/mol. The fraction of sp³-hybridized carbons (Fsp3) is 0.455. The molecule has 84 valence electrons. The third-order valence-electron chi connectivity index (χ3n) is 2.76. The molecule has 0 unspecified atom stereocenters. The van der Waals surface area contributed by atoms with Gasteiger partial charge in [-0.3, -0.25) is 0 Å². The van der Waals surface area contributed by atoms with Crippen molar-refractivity contribution < 1.29 is 0 Å². The molecule has 0 saturated carbocycles. The highest BCUT2D eigenvalue weighted by Crippen LogP contribution is 2.27. The second kappa shape index (κ2) is 4.59. The van der Waals surface area contributed by atoms with Crippen LogP contribution in [-0.2, 0) is 0 Å². The number of thioether (sulfide) groups is 1. The quantitative estimate of drug-likeness (QED) is 0.779. The summed E-state index contributed by atoms with van der Waals surface area (Å²) in [6.07, 6.45) is 2.94. The third kappa shape index (κ3) is 1.89. The van der Waals surface area contributed by atoms with Gasteiger partial charge in [0.05, 0.1) is 5.39 Å². The zero-order chi connectivity index (χ0) is 10.8. The second-order valence-electron chi connectivity index (χ2n) is 3.79. The Bertz CT molecular complexity index is 475. The molecule has 0 N–H and O–H groups in total. The Morgan fingerprint density at radius 3 is 3.19 bits per heavy atom. The summed E-state index contributed by atoms with van der Waals surface area (Å²) in [6, 6.07) is 2.13. The van der Waals surface area contributed by atoms with Crippen LogP contribution in [0.4, 0.5) is 5.82 Å². The summed E-state index contributed by atoms with van der Waals surface area (Å²) in [7, 11) is 0. The Balaban J connectivity index is 2.00. The predicted octanol–water partition coefficient (Wildman–Crippen LogP) is 2.63. The molecular formula is C11H13N3S2. The first-order valence-corrected chi connectivity index (χ1v) is 7.49. The molecule has 16 heavy (non-hydrogen) atoms. The van der Waals surface area contributed by atoms with Gasteiger partial charge in [0.1, 0.15) is 17.0 Å². The maximum absolute atomic E-state index is 4.46. The third-order valence-corrected chi connectivity index (χ3v) is 4.63. The van der Waals surface area contributed by atoms with Crippen LogP contribution >= 0.6 is 23.1 Å². The minimum absolute atomic E-state index is 1.10. The van der Waals surface area contributed by atoms with E-state index in [0.717, 1.165) is 23.7 Å². The zero-order valence-corrected chi connectivity index (χ0v) is 10.6. The Labute approximate surface area is 103 Å². The van der Waals surface area contributed by atoms with Gasteiger partial charge in [-0.1, -0.05) is 0 Å². The molecule has 1 fully saturated rings. The molecule has 3 nitrogen and oxygen atoms in total. The smallest absolute Gasteiger partial charge is 0.140 e. The standard InChI is InChI=1S/C11H13N3S2/c1-3-14(4-7-15-5-1)10-9-2-6-16-11(9)13-8-12-10/h2,6,8H,1,3-5,7H2. The van der Waals surface area contributed by atoms with Crippen LogP contribution in [0.1, 0.15) is 6.42 Å². The van der Waals surface area contributed by atoms with Crippen LogP contribution in [0.3, 0.4) is 0 Å². The van der Waals surface area contributed by atoms with Gasteiger partial charge in [-0.05, 0) is 23.6 Å². The molecule has 1 aliphatic heterocycles. The first-order valence-electron chi connectivity index (χ1n) is 5.46. The Morgan fingerprint density at radius 2 is 2.19 bits per heavy atom. The average molecular weight is 251 g/mol. The van der Waals surface area contributed by atoms with Gasteiger partial charge in [-0.2, -0.15) is 11.8 Å². The molecule has 2 aromatic heterocycles. The highest BCUT2D eigenvalue weighted by atomic mass is 32.2. The summed E-state index contributed by atoms with van der Waals surface area (Å²) in [6.45, 7) is 2.22. The van der Waals surface area contributed by atoms with Crippen molar-refractivity contribution in [2.45, 2.75) is 6.42 Å². The van der Waals surface area contributed by atoms with Crippen LogP contribution in [-0.4, -0.2) is 34.6 Å². The van der Waals surface area contributed by atoms with Gasteiger partial charge < -0.3 is 4.90 Å². The van der Waals surface area contributed by atoms with E-state index in [0.29, 0.717) is 0 Å². The van der Waals surface area contributed by atoms with E-state index in [9.17, 15) is 0 Å². The van der Waals surface area contributed by atoms with Gasteiger partial charge in [0.25, 0.3) is 0 Å². The van der Waals surface area contributed by atoms with Gasteiger partial charge >= 0.3 is 0 Å². The molecule has 5 heteroatoms. The fourth-order valence-corrected chi connectivity index (χ4v) is 3.60. The molecule has 0 bridgehead atoms. The number of fused-ring (bicyclic) bond motifs is 1. The molecule has 0 radical (unpaired) electrons. The van der Waals surface area contributed by atoms with E-state index in [4.69, 9.17) is 0 Å². The first-order chi connectivity index (χ1) is 7.95. The fourth-order valence-electron chi connectivity index (χ4n) is 1.99. The lowest BCUT2D eigenvalue weighted by molar-refractivity contribution is 0.804. The van der Waals surface area contributed by atoms with E-state index in [2.05, 4.69) is 26.3 Å². The lowest BCUT2D eigenvalue weighted by Crippen LogP contribution is -2.26. The number of hydrogen-bond acceptors (Lipinski definition) is 5. The highest BCUT2D eigenvalue weighted by molar-refractivity contribution is 7.99. The Morgan fingerprint density at radius 1 is 1.19 bits per heavy atom. The molecule has 2 aromatic rings. The van der Waals surface area contributed by atoms with E-state index >= 15 is 0 Å². The van der Waals surface area contributed by atoms with Gasteiger partial charge in [-0.15, -0.1) is 11.3 Å². The summed E-state index contributed by atoms with van der Waals surface area (Å²) in [4.78, 5) is 12.3. The number of nitrogens with zero attached hydrogens (tertiary/aromatic N) is 3. The van der Waals surface area contributed by atoms with Crippen molar-refractivity contribution in [1.29, 1.82) is 0 Å². The molecule has 0 aromatic carbocycles. The lowest BCUT2D eigenvalue weighted by Gasteiger charge is -2.21. The zero-order valence-electron chi connectivity index (χ0n) is 8.93. The van der Waals surface area contributed by atoms with Crippen molar-refractivity contribution in [2.75, 3.05) is 29.5 Å². The van der Waals surface area contributed by atoms with Gasteiger partial charge in [0, 0.05) is 18.8 Å². The lowest BCUT2D eigenvalue weighted by atomic mass is 10.3. The number of rotatable bonds is 1. The molecule has 0 aliphatic carbocycles. The topological polar surface area (TPSA) is 29.0 Å². The number of anilines is 1. The van der Waals surface area contributed by atoms with Crippen molar-refractivity contribution in [2.24, 2.45) is 0 Å². The van der Waals surface area contributed by atoms with Crippen LogP contribution in [0.25, 0.3) is 10.2 Å². The van der Waals surface area contributed by atoms with Crippen LogP contribution in [0.15, 0.2) is 17.8 Å². The van der Waals surface area contributed by atoms with Crippen molar-refractivity contribution in [3.8, 4) is 0 Å². The van der Waals surface area contributed by atoms with Crippen molar-refractivity contribution in [3.63, 3.8) is 0 Å². The minimum Gasteiger partial charge on any atom is -0.355 e. The van der Waals surface area contributed by atoms with Crippen LogP contribution in [0.2, 0.25) is 0 Å². The van der Waals surface area contributed by atoms with Gasteiger partial charge in [0.2, 0.25) is 0 Å². The van der Waals surface area contributed by atoms with E-state index < -0.39 is 0 Å². The Hall–Kier alpha value is -0.810. The molecule has 0 amide bonds. The minimum atomic E-state index is 1.10. The number of aromatic nitrogens is 2. The van der Waals surface area contributed by atoms with E-state index in [1.807, 2.05) is 11.8 Å². The molecule has 3 rings (SSSR count). The molecule has 3 heterocycles. The van der Waals surface area contributed by atoms with Gasteiger partial charge in [-0.25, -0.2) is 9.97 Å². The second-order valence-corrected chi connectivity index (χ2v) is 5.91. The molecule has 0 atom stereocenters. The molecule has 1 saturated heterocycles. The van der Waals surface area contributed by atoms with Gasteiger partial charge in [0.15, 0.2) is 0 Å².